The predicted octanol–water partition coefficient (Wildman–Crippen LogP) is 4.28. The fourth-order valence-electron chi connectivity index (χ4n) is 2.40. The molecule has 0 aliphatic carbocycles. The molecule has 0 atom stereocenters. The van der Waals surface area contributed by atoms with Crippen LogP contribution in [0.15, 0.2) is 57.4 Å². The number of carbonyl (C=O) groups is 1. The molecule has 0 saturated carbocycles. The molecule has 0 unspecified atom stereocenters. The normalized spacial score (nSPS) is 10.8. The largest absolute Gasteiger partial charge is 0.490 e. The Morgan fingerprint density at radius 2 is 2.03 bits per heavy atom. The second-order valence-electron chi connectivity index (χ2n) is 5.78. The van der Waals surface area contributed by atoms with Gasteiger partial charge in [0.2, 0.25) is 5.13 Å². The maximum atomic E-state index is 11.0. The van der Waals surface area contributed by atoms with Crippen LogP contribution < -0.4 is 20.6 Å². The monoisotopic (exact) mass is 474 g/mol. The second-order valence-corrected chi connectivity index (χ2v) is 7.49. The van der Waals surface area contributed by atoms with Crippen molar-refractivity contribution in [2.45, 2.75) is 6.92 Å². The first-order valence-corrected chi connectivity index (χ1v) is 10.4. The highest BCUT2D eigenvalue weighted by atomic mass is 79.9. The Morgan fingerprint density at radius 3 is 2.76 bits per heavy atom. The van der Waals surface area contributed by atoms with Crippen LogP contribution in [0.3, 0.4) is 0 Å². The number of aromatic nitrogens is 1. The SMILES string of the molecule is CCOc1cc(C=NNc2nc(-c3ccccc3)cs2)c(Br)cc1OCC(N)=O. The quantitative estimate of drug-likeness (QED) is 0.356. The van der Waals surface area contributed by atoms with Gasteiger partial charge in [0.05, 0.1) is 18.5 Å². The van der Waals surface area contributed by atoms with Gasteiger partial charge in [-0.1, -0.05) is 30.3 Å². The Balaban J connectivity index is 1.72. The van der Waals surface area contributed by atoms with Crippen LogP contribution >= 0.6 is 27.3 Å². The Labute approximate surface area is 180 Å². The van der Waals surface area contributed by atoms with Crippen molar-refractivity contribution in [2.24, 2.45) is 10.8 Å². The van der Waals surface area contributed by atoms with Gasteiger partial charge >= 0.3 is 0 Å². The number of thiazole rings is 1. The molecule has 0 aliphatic rings. The standard InChI is InChI=1S/C20H19BrN4O3S/c1-2-27-17-8-14(15(21)9-18(17)28-11-19(22)26)10-23-25-20-24-16(12-29-20)13-6-4-3-5-7-13/h3-10,12H,2,11H2,1H3,(H2,22,26)(H,24,25). The van der Waals surface area contributed by atoms with Crippen molar-refractivity contribution in [3.63, 3.8) is 0 Å². The van der Waals surface area contributed by atoms with Crippen LogP contribution in [0.2, 0.25) is 0 Å². The topological polar surface area (TPSA) is 98.8 Å². The van der Waals surface area contributed by atoms with Gasteiger partial charge in [-0.15, -0.1) is 11.3 Å². The number of primary amides is 1. The predicted molar refractivity (Wildman–Crippen MR) is 119 cm³/mol. The lowest BCUT2D eigenvalue weighted by Gasteiger charge is -2.12. The molecule has 3 rings (SSSR count). The summed E-state index contributed by atoms with van der Waals surface area (Å²) in [6, 6.07) is 13.4. The second kappa shape index (κ2) is 10.0. The molecule has 1 amide bonds. The van der Waals surface area contributed by atoms with Crippen LogP contribution in [-0.2, 0) is 4.79 Å². The Bertz CT molecular complexity index is 1010. The van der Waals surface area contributed by atoms with Crippen LogP contribution in [-0.4, -0.2) is 30.3 Å². The van der Waals surface area contributed by atoms with Gasteiger partial charge in [0.15, 0.2) is 18.1 Å². The molecule has 1 aromatic heterocycles. The number of amides is 1. The molecule has 7 nitrogen and oxygen atoms in total. The van der Waals surface area contributed by atoms with E-state index in [4.69, 9.17) is 15.2 Å². The van der Waals surface area contributed by atoms with E-state index < -0.39 is 5.91 Å². The van der Waals surface area contributed by atoms with E-state index in [9.17, 15) is 4.79 Å². The molecular weight excluding hydrogens is 456 g/mol. The van der Waals surface area contributed by atoms with E-state index >= 15 is 0 Å². The third kappa shape index (κ3) is 5.78. The van der Waals surface area contributed by atoms with Crippen LogP contribution in [0.1, 0.15) is 12.5 Å². The Hall–Kier alpha value is -2.91. The first kappa shape index (κ1) is 20.8. The number of nitrogens with zero attached hydrogens (tertiary/aromatic N) is 2. The van der Waals surface area contributed by atoms with E-state index in [0.29, 0.717) is 23.2 Å². The number of benzene rings is 2. The first-order chi connectivity index (χ1) is 14.1. The maximum Gasteiger partial charge on any atom is 0.255 e. The molecule has 3 N–H and O–H groups in total. The van der Waals surface area contributed by atoms with Crippen molar-refractivity contribution in [3.05, 3.63) is 57.9 Å². The number of rotatable bonds is 9. The average molecular weight is 475 g/mol. The smallest absolute Gasteiger partial charge is 0.255 e. The minimum absolute atomic E-state index is 0.227. The number of halogens is 1. The number of hydrogen-bond acceptors (Lipinski definition) is 7. The molecule has 0 aliphatic heterocycles. The van der Waals surface area contributed by atoms with Gasteiger partial charge in [-0.2, -0.15) is 5.10 Å². The molecule has 0 fully saturated rings. The van der Waals surface area contributed by atoms with Crippen LogP contribution in [0.5, 0.6) is 11.5 Å². The summed E-state index contributed by atoms with van der Waals surface area (Å²) in [5.74, 6) is 0.366. The fraction of sp³-hybridized carbons (Fsp3) is 0.150. The zero-order valence-corrected chi connectivity index (χ0v) is 18.0. The van der Waals surface area contributed by atoms with Gasteiger partial charge in [-0.3, -0.25) is 10.2 Å². The van der Waals surface area contributed by atoms with Crippen molar-refractivity contribution in [3.8, 4) is 22.8 Å². The molecule has 150 valence electrons. The number of nitrogens with one attached hydrogen (secondary N) is 1. The van der Waals surface area contributed by atoms with Gasteiger partial charge in [0, 0.05) is 21.0 Å². The summed E-state index contributed by atoms with van der Waals surface area (Å²) in [4.78, 5) is 15.5. The summed E-state index contributed by atoms with van der Waals surface area (Å²) in [5, 5.41) is 6.91. The summed E-state index contributed by atoms with van der Waals surface area (Å²) in [7, 11) is 0. The molecule has 0 spiro atoms. The molecule has 0 radical (unpaired) electrons. The molecular formula is C20H19BrN4O3S. The molecule has 0 saturated heterocycles. The summed E-state index contributed by atoms with van der Waals surface area (Å²) < 4.78 is 11.7. The zero-order valence-electron chi connectivity index (χ0n) is 15.6. The minimum atomic E-state index is -0.559. The minimum Gasteiger partial charge on any atom is -0.490 e. The zero-order chi connectivity index (χ0) is 20.6. The Morgan fingerprint density at radius 1 is 1.28 bits per heavy atom. The highest BCUT2D eigenvalue weighted by molar-refractivity contribution is 9.10. The number of nitrogens with two attached hydrogens (primary N) is 1. The lowest BCUT2D eigenvalue weighted by molar-refractivity contribution is -0.119. The molecule has 1 heterocycles. The number of hydrogen-bond donors (Lipinski definition) is 2. The van der Waals surface area contributed by atoms with E-state index in [1.54, 1.807) is 18.3 Å². The Kier molecular flexibility index (Phi) is 7.20. The van der Waals surface area contributed by atoms with E-state index in [-0.39, 0.29) is 6.61 Å². The summed E-state index contributed by atoms with van der Waals surface area (Å²) in [6.45, 7) is 2.09. The molecule has 0 bridgehead atoms. The number of anilines is 1. The van der Waals surface area contributed by atoms with E-state index in [2.05, 4.69) is 31.4 Å². The van der Waals surface area contributed by atoms with Crippen LogP contribution in [0.25, 0.3) is 11.3 Å². The van der Waals surface area contributed by atoms with Crippen LogP contribution in [0.4, 0.5) is 5.13 Å². The molecule has 29 heavy (non-hydrogen) atoms. The van der Waals surface area contributed by atoms with Gasteiger partial charge in [0.25, 0.3) is 5.91 Å². The third-order valence-corrected chi connectivity index (χ3v) is 5.10. The number of hydrazone groups is 1. The molecule has 3 aromatic rings. The van der Waals surface area contributed by atoms with Gasteiger partial charge in [0.1, 0.15) is 0 Å². The molecule has 9 heteroatoms. The summed E-state index contributed by atoms with van der Waals surface area (Å²) >= 11 is 4.95. The average Bonchev–Trinajstić information content (AvgIpc) is 3.18. The third-order valence-electron chi connectivity index (χ3n) is 3.67. The highest BCUT2D eigenvalue weighted by Gasteiger charge is 2.11. The van der Waals surface area contributed by atoms with Crippen molar-refractivity contribution < 1.29 is 14.3 Å². The number of ether oxygens (including phenoxy) is 2. The first-order valence-electron chi connectivity index (χ1n) is 8.74. The van der Waals surface area contributed by atoms with Crippen molar-refractivity contribution >= 4 is 44.5 Å². The van der Waals surface area contributed by atoms with Crippen molar-refractivity contribution in [1.82, 2.24) is 4.98 Å². The number of carbonyl (C=O) groups excluding carboxylic acids is 1. The fourth-order valence-corrected chi connectivity index (χ4v) is 3.50. The van der Waals surface area contributed by atoms with Gasteiger partial charge in [-0.25, -0.2) is 4.98 Å². The molecule has 2 aromatic carbocycles. The summed E-state index contributed by atoms with van der Waals surface area (Å²) in [6.07, 6.45) is 1.65. The van der Waals surface area contributed by atoms with E-state index in [1.807, 2.05) is 42.6 Å². The lowest BCUT2D eigenvalue weighted by atomic mass is 10.2. The summed E-state index contributed by atoms with van der Waals surface area (Å²) in [5.41, 5.74) is 10.8. The highest BCUT2D eigenvalue weighted by Crippen LogP contribution is 2.33. The van der Waals surface area contributed by atoms with Gasteiger partial charge in [-0.05, 0) is 35.0 Å². The van der Waals surface area contributed by atoms with Gasteiger partial charge < -0.3 is 15.2 Å². The van der Waals surface area contributed by atoms with E-state index in [0.717, 1.165) is 21.3 Å². The van der Waals surface area contributed by atoms with Crippen LogP contribution in [0, 0.1) is 0 Å². The van der Waals surface area contributed by atoms with Crippen molar-refractivity contribution in [1.29, 1.82) is 0 Å². The maximum absolute atomic E-state index is 11.0. The van der Waals surface area contributed by atoms with Crippen molar-refractivity contribution in [2.75, 3.05) is 18.6 Å². The van der Waals surface area contributed by atoms with E-state index in [1.165, 1.54) is 11.3 Å². The lowest BCUT2D eigenvalue weighted by Crippen LogP contribution is -2.20.